The highest BCUT2D eigenvalue weighted by molar-refractivity contribution is 7.80. The molecule has 3 aromatic carbocycles. The summed E-state index contributed by atoms with van der Waals surface area (Å²) in [4.78, 5) is 15.7. The number of rotatable bonds is 7. The van der Waals surface area contributed by atoms with Crippen molar-refractivity contribution in [2.24, 2.45) is 0 Å². The number of para-hydroxylation sites is 2. The Labute approximate surface area is 220 Å². The molecule has 1 amide bonds. The van der Waals surface area contributed by atoms with Crippen LogP contribution in [0.2, 0.25) is 0 Å². The molecule has 0 spiro atoms. The zero-order valence-corrected chi connectivity index (χ0v) is 21.6. The van der Waals surface area contributed by atoms with E-state index in [-0.39, 0.29) is 12.7 Å². The van der Waals surface area contributed by atoms with Crippen LogP contribution in [0, 0.1) is 0 Å². The van der Waals surface area contributed by atoms with E-state index in [9.17, 15) is 4.79 Å². The number of amides is 1. The number of fused-ring (bicyclic) bond motifs is 1. The lowest BCUT2D eigenvalue weighted by Crippen LogP contribution is -2.48. The Bertz CT molecular complexity index is 1370. The van der Waals surface area contributed by atoms with Crippen molar-refractivity contribution in [2.75, 3.05) is 30.7 Å². The highest BCUT2D eigenvalue weighted by Crippen LogP contribution is 2.39. The number of thiocarbonyl (C=S) groups is 1. The van der Waals surface area contributed by atoms with E-state index < -0.39 is 6.04 Å². The fourth-order valence-corrected chi connectivity index (χ4v) is 4.85. The number of methoxy groups -OCH3 is 1. The summed E-state index contributed by atoms with van der Waals surface area (Å²) in [5.74, 6) is 2.34. The molecular weight excluding hydrogens is 490 g/mol. The summed E-state index contributed by atoms with van der Waals surface area (Å²) in [5.41, 5.74) is 3.41. The van der Waals surface area contributed by atoms with Gasteiger partial charge in [0.2, 0.25) is 6.79 Å². The van der Waals surface area contributed by atoms with Crippen LogP contribution in [-0.4, -0.2) is 31.5 Å². The van der Waals surface area contributed by atoms with E-state index in [0.717, 1.165) is 17.0 Å². The topological polar surface area (TPSA) is 81.3 Å². The highest BCUT2D eigenvalue weighted by Gasteiger charge is 2.35. The molecule has 0 aromatic heterocycles. The van der Waals surface area contributed by atoms with Gasteiger partial charge in [0.25, 0.3) is 5.91 Å². The molecule has 0 bridgehead atoms. The molecule has 5 rings (SSSR count). The maximum absolute atomic E-state index is 13.9. The van der Waals surface area contributed by atoms with Crippen LogP contribution in [0.3, 0.4) is 0 Å². The number of hydrogen-bond donors (Lipinski definition) is 2. The first-order valence-electron chi connectivity index (χ1n) is 11.9. The van der Waals surface area contributed by atoms with Gasteiger partial charge in [0, 0.05) is 11.4 Å². The van der Waals surface area contributed by atoms with Gasteiger partial charge in [-0.25, -0.2) is 0 Å². The number of ether oxygens (including phenoxy) is 4. The lowest BCUT2D eigenvalue weighted by molar-refractivity contribution is -0.113. The maximum Gasteiger partial charge on any atom is 0.255 e. The minimum Gasteiger partial charge on any atom is -0.495 e. The monoisotopic (exact) mass is 517 g/mol. The lowest BCUT2D eigenvalue weighted by atomic mass is 9.93. The standard InChI is InChI=1S/C28H27N3O5S/c1-4-34-20-12-10-19(11-13-20)31-17(2)25(27(32)29-21-7-5-6-8-22(21)33-3)26(30-28(31)37)18-9-14-23-24(15-18)36-16-35-23/h5-15,26H,4,16H2,1-3H3,(H,29,32)(H,30,37)/t26-/m1/s1. The Balaban J connectivity index is 1.57. The van der Waals surface area contributed by atoms with Gasteiger partial charge in [-0.2, -0.15) is 0 Å². The Kier molecular flexibility index (Phi) is 6.87. The number of hydrogen-bond acceptors (Lipinski definition) is 6. The number of nitrogens with one attached hydrogen (secondary N) is 2. The molecule has 8 nitrogen and oxygen atoms in total. The predicted octanol–water partition coefficient (Wildman–Crippen LogP) is 5.17. The third kappa shape index (κ3) is 4.77. The molecule has 37 heavy (non-hydrogen) atoms. The van der Waals surface area contributed by atoms with Crippen LogP contribution in [0.1, 0.15) is 25.5 Å². The summed E-state index contributed by atoms with van der Waals surface area (Å²) < 4.78 is 22.1. The number of anilines is 2. The van der Waals surface area contributed by atoms with E-state index in [4.69, 9.17) is 31.2 Å². The fourth-order valence-electron chi connectivity index (χ4n) is 4.49. The molecule has 3 aromatic rings. The average molecular weight is 518 g/mol. The van der Waals surface area contributed by atoms with Crippen molar-refractivity contribution in [2.45, 2.75) is 19.9 Å². The van der Waals surface area contributed by atoms with E-state index in [1.165, 1.54) is 0 Å². The molecular formula is C28H27N3O5S. The summed E-state index contributed by atoms with van der Waals surface area (Å²) >= 11 is 5.80. The molecule has 0 aliphatic carbocycles. The van der Waals surface area contributed by atoms with E-state index in [0.29, 0.717) is 45.9 Å². The van der Waals surface area contributed by atoms with E-state index >= 15 is 0 Å². The maximum atomic E-state index is 13.9. The van der Waals surface area contributed by atoms with Crippen LogP contribution in [0.25, 0.3) is 0 Å². The van der Waals surface area contributed by atoms with Crippen LogP contribution in [0.15, 0.2) is 78.0 Å². The quantitative estimate of drug-likeness (QED) is 0.416. The van der Waals surface area contributed by atoms with Crippen molar-refractivity contribution in [3.05, 3.63) is 83.6 Å². The van der Waals surface area contributed by atoms with Crippen molar-refractivity contribution in [1.29, 1.82) is 0 Å². The molecule has 9 heteroatoms. The van der Waals surface area contributed by atoms with Crippen molar-refractivity contribution >= 4 is 34.6 Å². The molecule has 2 aliphatic heterocycles. The second-order valence-corrected chi connectivity index (χ2v) is 8.80. The summed E-state index contributed by atoms with van der Waals surface area (Å²) in [6, 6.07) is 20.0. The molecule has 2 N–H and O–H groups in total. The Morgan fingerprint density at radius 1 is 1.11 bits per heavy atom. The van der Waals surface area contributed by atoms with E-state index in [2.05, 4.69) is 10.6 Å². The minimum atomic E-state index is -0.518. The van der Waals surface area contributed by atoms with Gasteiger partial charge in [-0.1, -0.05) is 18.2 Å². The van der Waals surface area contributed by atoms with Gasteiger partial charge < -0.3 is 29.6 Å². The van der Waals surface area contributed by atoms with Crippen LogP contribution in [0.5, 0.6) is 23.0 Å². The first kappa shape index (κ1) is 24.5. The number of carbonyl (C=O) groups excluding carboxylic acids is 1. The van der Waals surface area contributed by atoms with Gasteiger partial charge in [0.1, 0.15) is 11.5 Å². The van der Waals surface area contributed by atoms with Gasteiger partial charge in [-0.3, -0.25) is 9.69 Å². The SMILES string of the molecule is CCOc1ccc(N2C(=S)N[C@H](c3ccc4c(c3)OCO4)C(C(=O)Nc3ccccc3OC)=C2C)cc1. The molecule has 0 saturated heterocycles. The summed E-state index contributed by atoms with van der Waals surface area (Å²) in [5, 5.41) is 6.86. The largest absolute Gasteiger partial charge is 0.495 e. The van der Waals surface area contributed by atoms with Crippen molar-refractivity contribution in [1.82, 2.24) is 5.32 Å². The molecule has 0 fully saturated rings. The number of allylic oxidation sites excluding steroid dienone is 1. The highest BCUT2D eigenvalue weighted by atomic mass is 32.1. The first-order chi connectivity index (χ1) is 18.0. The molecule has 2 heterocycles. The zero-order chi connectivity index (χ0) is 25.9. The van der Waals surface area contributed by atoms with Crippen LogP contribution in [-0.2, 0) is 4.79 Å². The number of nitrogens with zero attached hydrogens (tertiary/aromatic N) is 1. The summed E-state index contributed by atoms with van der Waals surface area (Å²) in [7, 11) is 1.57. The van der Waals surface area contributed by atoms with Gasteiger partial charge in [-0.15, -0.1) is 0 Å². The molecule has 0 saturated carbocycles. The Morgan fingerprint density at radius 3 is 2.62 bits per heavy atom. The van der Waals surface area contributed by atoms with Gasteiger partial charge in [-0.05, 0) is 80.2 Å². The summed E-state index contributed by atoms with van der Waals surface area (Å²) in [6.45, 7) is 4.57. The lowest BCUT2D eigenvalue weighted by Gasteiger charge is -2.38. The average Bonchev–Trinajstić information content (AvgIpc) is 3.38. The predicted molar refractivity (Wildman–Crippen MR) is 145 cm³/mol. The first-order valence-corrected chi connectivity index (χ1v) is 12.3. The third-order valence-corrected chi connectivity index (χ3v) is 6.52. The zero-order valence-electron chi connectivity index (χ0n) is 20.7. The fraction of sp³-hybridized carbons (Fsp3) is 0.214. The minimum absolute atomic E-state index is 0.164. The molecule has 1 atom stereocenters. The van der Waals surface area contributed by atoms with Gasteiger partial charge in [0.15, 0.2) is 16.6 Å². The molecule has 0 unspecified atom stereocenters. The summed E-state index contributed by atoms with van der Waals surface area (Å²) in [6.07, 6.45) is 0. The van der Waals surface area contributed by atoms with E-state index in [1.54, 1.807) is 19.2 Å². The molecule has 2 aliphatic rings. The number of benzene rings is 3. The molecule has 190 valence electrons. The second-order valence-electron chi connectivity index (χ2n) is 8.41. The van der Waals surface area contributed by atoms with Crippen molar-refractivity contribution in [3.63, 3.8) is 0 Å². The third-order valence-electron chi connectivity index (χ3n) is 6.22. The number of carbonyl (C=O) groups is 1. The molecule has 0 radical (unpaired) electrons. The smallest absolute Gasteiger partial charge is 0.255 e. The van der Waals surface area contributed by atoms with Crippen LogP contribution >= 0.6 is 12.2 Å². The van der Waals surface area contributed by atoms with Crippen LogP contribution < -0.4 is 34.5 Å². The Hall–Kier alpha value is -4.24. The van der Waals surface area contributed by atoms with Crippen LogP contribution in [0.4, 0.5) is 11.4 Å². The Morgan fingerprint density at radius 2 is 1.86 bits per heavy atom. The van der Waals surface area contributed by atoms with Gasteiger partial charge >= 0.3 is 0 Å². The van der Waals surface area contributed by atoms with E-state index in [1.807, 2.05) is 73.3 Å². The van der Waals surface area contributed by atoms with Crippen molar-refractivity contribution in [3.8, 4) is 23.0 Å². The van der Waals surface area contributed by atoms with Crippen molar-refractivity contribution < 1.29 is 23.7 Å². The second kappa shape index (κ2) is 10.4. The van der Waals surface area contributed by atoms with Gasteiger partial charge in [0.05, 0.1) is 31.0 Å². The normalized spacial score (nSPS) is 16.4.